The Hall–Kier alpha value is -4.25. The van der Waals surface area contributed by atoms with Crippen molar-refractivity contribution in [2.45, 2.75) is 31.8 Å². The van der Waals surface area contributed by atoms with Gasteiger partial charge < -0.3 is 26.0 Å². The van der Waals surface area contributed by atoms with Crippen molar-refractivity contribution in [3.8, 4) is 11.1 Å². The van der Waals surface area contributed by atoms with E-state index in [4.69, 9.17) is 11.5 Å². The molecular weight excluding hydrogens is 518 g/mol. The number of pyridine rings is 1. The van der Waals surface area contributed by atoms with Gasteiger partial charge in [0.1, 0.15) is 17.2 Å². The Labute approximate surface area is 221 Å². The van der Waals surface area contributed by atoms with Crippen molar-refractivity contribution in [3.63, 3.8) is 0 Å². The van der Waals surface area contributed by atoms with Crippen LogP contribution in [0.5, 0.6) is 0 Å². The van der Waals surface area contributed by atoms with Crippen LogP contribution in [0.1, 0.15) is 40.4 Å². The van der Waals surface area contributed by atoms with Crippen LogP contribution < -0.4 is 21.8 Å². The van der Waals surface area contributed by atoms with Crippen LogP contribution in [0.4, 0.5) is 26.2 Å². The van der Waals surface area contributed by atoms with Gasteiger partial charge in [-0.25, -0.2) is 18.6 Å². The van der Waals surface area contributed by atoms with Crippen molar-refractivity contribution in [2.75, 3.05) is 22.9 Å². The van der Waals surface area contributed by atoms with Crippen LogP contribution in [-0.4, -0.2) is 32.2 Å². The molecule has 0 amide bonds. The molecule has 196 valence electrons. The minimum atomic E-state index is -1.43. The number of carboxylic acid groups (broad SMARTS) is 1. The number of nitrogens with zero attached hydrogens (tertiary/aromatic N) is 4. The average molecular weight is 541 g/mol. The van der Waals surface area contributed by atoms with Gasteiger partial charge in [0.2, 0.25) is 11.4 Å². The molecule has 1 aliphatic heterocycles. The number of hydrogen-bond acceptors (Lipinski definition) is 7. The highest BCUT2D eigenvalue weighted by molar-refractivity contribution is 5.94. The van der Waals surface area contributed by atoms with E-state index in [0.717, 1.165) is 35.7 Å². The van der Waals surface area contributed by atoms with Gasteiger partial charge in [-0.15, -0.1) is 12.4 Å². The van der Waals surface area contributed by atoms with E-state index in [1.54, 1.807) is 24.4 Å². The lowest BCUT2D eigenvalue weighted by molar-refractivity contribution is 0.0694. The highest BCUT2D eigenvalue weighted by Gasteiger charge is 2.30. The van der Waals surface area contributed by atoms with Gasteiger partial charge in [-0.05, 0) is 48.6 Å². The Morgan fingerprint density at radius 1 is 1.18 bits per heavy atom. The van der Waals surface area contributed by atoms with Crippen LogP contribution in [0.15, 0.2) is 41.5 Å². The first kappa shape index (κ1) is 25.4. The van der Waals surface area contributed by atoms with Gasteiger partial charge in [-0.3, -0.25) is 4.79 Å². The van der Waals surface area contributed by atoms with Crippen LogP contribution in [0, 0.1) is 11.6 Å². The van der Waals surface area contributed by atoms with Crippen molar-refractivity contribution in [1.82, 2.24) is 14.5 Å². The van der Waals surface area contributed by atoms with Gasteiger partial charge in [0.25, 0.3) is 0 Å². The van der Waals surface area contributed by atoms with Gasteiger partial charge in [-0.1, -0.05) is 6.07 Å². The minimum absolute atomic E-state index is 0. The average Bonchev–Trinajstić information content (AvgIpc) is 3.62. The Morgan fingerprint density at radius 3 is 2.63 bits per heavy atom. The second kappa shape index (κ2) is 9.25. The number of carbonyl (C=O) groups is 1. The molecule has 4 aromatic rings. The molecule has 0 atom stereocenters. The van der Waals surface area contributed by atoms with E-state index in [0.29, 0.717) is 30.9 Å². The third-order valence-corrected chi connectivity index (χ3v) is 7.02. The van der Waals surface area contributed by atoms with E-state index in [-0.39, 0.29) is 40.9 Å². The molecule has 5 N–H and O–H groups in total. The van der Waals surface area contributed by atoms with Crippen LogP contribution >= 0.6 is 12.4 Å². The molecule has 0 bridgehead atoms. The Balaban J connectivity index is 0.00000294. The molecule has 1 fully saturated rings. The third-order valence-electron chi connectivity index (χ3n) is 7.02. The fraction of sp³-hybridized carbons (Fsp3) is 0.231. The van der Waals surface area contributed by atoms with E-state index in [9.17, 15) is 14.7 Å². The Morgan fingerprint density at radius 2 is 1.95 bits per heavy atom. The highest BCUT2D eigenvalue weighted by Crippen LogP contribution is 2.41. The molecule has 1 aliphatic carbocycles. The lowest BCUT2D eigenvalue weighted by Gasteiger charge is -2.20. The predicted molar refractivity (Wildman–Crippen MR) is 142 cm³/mol. The molecule has 2 aliphatic rings. The van der Waals surface area contributed by atoms with E-state index in [1.807, 2.05) is 0 Å². The maximum absolute atomic E-state index is 16.0. The number of carboxylic acids is 1. The Kier molecular flexibility index (Phi) is 6.18. The number of fused-ring (bicyclic) bond motifs is 2. The quantitative estimate of drug-likeness (QED) is 0.346. The fourth-order valence-electron chi connectivity index (χ4n) is 5.05. The molecule has 12 heteroatoms. The number of nitrogens with two attached hydrogens (primary N) is 2. The highest BCUT2D eigenvalue weighted by atomic mass is 35.5. The molecule has 1 saturated carbocycles. The monoisotopic (exact) mass is 540 g/mol. The second-order valence-corrected chi connectivity index (χ2v) is 9.41. The Bertz CT molecular complexity index is 1690. The van der Waals surface area contributed by atoms with E-state index >= 15 is 8.78 Å². The number of aromatic carboxylic acids is 1. The summed E-state index contributed by atoms with van der Waals surface area (Å²) in [5, 5.41) is 9.15. The molecule has 0 radical (unpaired) electrons. The van der Waals surface area contributed by atoms with E-state index in [2.05, 4.69) is 14.9 Å². The summed E-state index contributed by atoms with van der Waals surface area (Å²) in [6, 6.07) is 6.00. The molecule has 6 rings (SSSR count). The normalized spacial score (nSPS) is 14.4. The number of aromatic nitrogens is 3. The zero-order valence-corrected chi connectivity index (χ0v) is 20.8. The molecule has 0 saturated heterocycles. The van der Waals surface area contributed by atoms with Crippen LogP contribution in [0.25, 0.3) is 22.0 Å². The third kappa shape index (κ3) is 4.08. The fourth-order valence-corrected chi connectivity index (χ4v) is 5.05. The summed E-state index contributed by atoms with van der Waals surface area (Å²) in [5.41, 5.74) is 12.7. The number of anilines is 3. The van der Waals surface area contributed by atoms with Gasteiger partial charge in [0, 0.05) is 42.8 Å². The summed E-state index contributed by atoms with van der Waals surface area (Å²) < 4.78 is 32.8. The summed E-state index contributed by atoms with van der Waals surface area (Å²) in [7, 11) is 0. The largest absolute Gasteiger partial charge is 0.477 e. The van der Waals surface area contributed by atoms with Gasteiger partial charge in [-0.2, -0.15) is 4.98 Å². The lowest BCUT2D eigenvalue weighted by Crippen LogP contribution is -2.21. The summed E-state index contributed by atoms with van der Waals surface area (Å²) in [5.74, 6) is -2.84. The maximum Gasteiger partial charge on any atom is 0.341 e. The zero-order valence-electron chi connectivity index (χ0n) is 19.9. The van der Waals surface area contributed by atoms with Crippen molar-refractivity contribution in [2.24, 2.45) is 0 Å². The topological polar surface area (TPSA) is 140 Å². The van der Waals surface area contributed by atoms with Crippen molar-refractivity contribution >= 4 is 46.7 Å². The van der Waals surface area contributed by atoms with Crippen LogP contribution in [-0.2, 0) is 13.0 Å². The SMILES string of the molecule is Cl.Nc1ncc(CN2CCc3cc(-c4c(F)cc5c(=O)c(C(=O)O)cn(C6CC6)c5c4F)ccc32)c(N)n1. The summed E-state index contributed by atoms with van der Waals surface area (Å²) in [4.78, 5) is 34.4. The predicted octanol–water partition coefficient (Wildman–Crippen LogP) is 3.92. The molecule has 0 spiro atoms. The first-order valence-corrected chi connectivity index (χ1v) is 11.8. The van der Waals surface area contributed by atoms with Gasteiger partial charge in [0.15, 0.2) is 5.82 Å². The number of rotatable bonds is 5. The maximum atomic E-state index is 16.0. The summed E-state index contributed by atoms with van der Waals surface area (Å²) >= 11 is 0. The van der Waals surface area contributed by atoms with E-state index < -0.39 is 28.6 Å². The number of benzene rings is 2. The standard InChI is InChI=1S/C26H22F2N6O3.ClH/c27-18-8-16-22(34(15-2-3-15)11-17(23(16)35)25(36)37)21(28)20(18)13-1-4-19-12(7-13)5-6-33(19)10-14-9-31-26(30)32-24(14)29;/h1,4,7-9,11,15H,2-3,5-6,10H2,(H,36,37)(H4,29,30,31,32);1H. The number of nitrogen functional groups attached to an aromatic ring is 2. The first-order chi connectivity index (χ1) is 17.7. The smallest absolute Gasteiger partial charge is 0.341 e. The summed E-state index contributed by atoms with van der Waals surface area (Å²) in [6.07, 6.45) is 4.86. The van der Waals surface area contributed by atoms with Crippen LogP contribution in [0.2, 0.25) is 0 Å². The van der Waals surface area contributed by atoms with Crippen molar-refractivity contribution in [1.29, 1.82) is 0 Å². The molecule has 2 aromatic heterocycles. The number of hydrogen-bond donors (Lipinski definition) is 3. The lowest BCUT2D eigenvalue weighted by atomic mass is 9.98. The van der Waals surface area contributed by atoms with Gasteiger partial charge in [0.05, 0.1) is 16.5 Å². The molecule has 0 unspecified atom stereocenters. The first-order valence-electron chi connectivity index (χ1n) is 11.8. The zero-order chi connectivity index (χ0) is 26.0. The van der Waals surface area contributed by atoms with Crippen molar-refractivity contribution < 1.29 is 18.7 Å². The van der Waals surface area contributed by atoms with E-state index in [1.165, 1.54) is 10.8 Å². The molecule has 2 aromatic carbocycles. The second-order valence-electron chi connectivity index (χ2n) is 9.41. The van der Waals surface area contributed by atoms with Crippen molar-refractivity contribution in [3.05, 3.63) is 75.2 Å². The summed E-state index contributed by atoms with van der Waals surface area (Å²) in [6.45, 7) is 1.13. The van der Waals surface area contributed by atoms with Crippen LogP contribution in [0.3, 0.4) is 0 Å². The molecular formula is C26H23ClF2N6O3. The molecule has 38 heavy (non-hydrogen) atoms. The molecule has 9 nitrogen and oxygen atoms in total. The number of halogens is 3. The minimum Gasteiger partial charge on any atom is -0.477 e. The molecule has 3 heterocycles. The van der Waals surface area contributed by atoms with Gasteiger partial charge >= 0.3 is 5.97 Å².